The van der Waals surface area contributed by atoms with Crippen LogP contribution in [0.4, 0.5) is 0 Å². The van der Waals surface area contributed by atoms with Gasteiger partial charge in [0.1, 0.15) is 6.04 Å². The van der Waals surface area contributed by atoms with Crippen molar-refractivity contribution in [1.29, 1.82) is 0 Å². The molecule has 2 unspecified atom stereocenters. The normalized spacial score (nSPS) is 30.0. The molecule has 0 spiro atoms. The van der Waals surface area contributed by atoms with Crippen molar-refractivity contribution in [2.75, 3.05) is 26.3 Å². The summed E-state index contributed by atoms with van der Waals surface area (Å²) in [6.45, 7) is 1.45. The van der Waals surface area contributed by atoms with Crippen molar-refractivity contribution < 1.29 is 19.1 Å². The van der Waals surface area contributed by atoms with Crippen molar-refractivity contribution in [1.82, 2.24) is 15.5 Å². The molecule has 110 valence electrons. The van der Waals surface area contributed by atoms with Crippen LogP contribution in [0.2, 0.25) is 0 Å². The van der Waals surface area contributed by atoms with E-state index in [1.54, 1.807) is 4.90 Å². The van der Waals surface area contributed by atoms with E-state index in [4.69, 9.17) is 4.74 Å². The SMILES string of the molecule is O=C1CC(C(=O)N2CCOCC2C(=O)NC2CC2)CN1. The number of hydrogen-bond acceptors (Lipinski definition) is 4. The van der Waals surface area contributed by atoms with Gasteiger partial charge < -0.3 is 20.3 Å². The van der Waals surface area contributed by atoms with E-state index in [1.807, 2.05) is 0 Å². The molecule has 1 aliphatic carbocycles. The highest BCUT2D eigenvalue weighted by Crippen LogP contribution is 2.21. The maximum atomic E-state index is 12.5. The van der Waals surface area contributed by atoms with Gasteiger partial charge in [-0.3, -0.25) is 14.4 Å². The monoisotopic (exact) mass is 281 g/mol. The minimum Gasteiger partial charge on any atom is -0.377 e. The first-order chi connectivity index (χ1) is 9.65. The summed E-state index contributed by atoms with van der Waals surface area (Å²) >= 11 is 0. The minimum atomic E-state index is -0.562. The van der Waals surface area contributed by atoms with Crippen LogP contribution in [-0.4, -0.2) is 61.0 Å². The van der Waals surface area contributed by atoms with E-state index in [1.165, 1.54) is 0 Å². The standard InChI is InChI=1S/C13H19N3O4/c17-11-5-8(6-14-11)13(19)16-3-4-20-7-10(16)12(18)15-9-1-2-9/h8-10H,1-7H2,(H,14,17)(H,15,18). The van der Waals surface area contributed by atoms with Crippen molar-refractivity contribution >= 4 is 17.7 Å². The number of ether oxygens (including phenoxy) is 1. The first kappa shape index (κ1) is 13.4. The van der Waals surface area contributed by atoms with Gasteiger partial charge in [-0.1, -0.05) is 0 Å². The molecule has 2 heterocycles. The molecule has 7 nitrogen and oxygen atoms in total. The maximum absolute atomic E-state index is 12.5. The highest BCUT2D eigenvalue weighted by Gasteiger charge is 2.39. The van der Waals surface area contributed by atoms with Crippen LogP contribution < -0.4 is 10.6 Å². The fourth-order valence-electron chi connectivity index (χ4n) is 2.62. The van der Waals surface area contributed by atoms with Crippen molar-refractivity contribution in [3.05, 3.63) is 0 Å². The second kappa shape index (κ2) is 5.40. The molecule has 0 aromatic carbocycles. The Labute approximate surface area is 117 Å². The number of morpholine rings is 1. The van der Waals surface area contributed by atoms with Crippen LogP contribution in [0, 0.1) is 5.92 Å². The number of hydrogen-bond donors (Lipinski definition) is 2. The van der Waals surface area contributed by atoms with E-state index in [-0.39, 0.29) is 42.7 Å². The zero-order valence-electron chi connectivity index (χ0n) is 11.3. The van der Waals surface area contributed by atoms with E-state index < -0.39 is 6.04 Å². The van der Waals surface area contributed by atoms with Crippen LogP contribution in [0.15, 0.2) is 0 Å². The number of carbonyl (C=O) groups excluding carboxylic acids is 3. The molecule has 0 radical (unpaired) electrons. The van der Waals surface area contributed by atoms with Crippen LogP contribution in [0.25, 0.3) is 0 Å². The van der Waals surface area contributed by atoms with Gasteiger partial charge in [0.2, 0.25) is 17.7 Å². The summed E-state index contributed by atoms with van der Waals surface area (Å²) in [6, 6.07) is -0.302. The van der Waals surface area contributed by atoms with Gasteiger partial charge in [0.25, 0.3) is 0 Å². The van der Waals surface area contributed by atoms with E-state index in [0.29, 0.717) is 19.7 Å². The van der Waals surface area contributed by atoms with Gasteiger partial charge in [-0.15, -0.1) is 0 Å². The molecule has 7 heteroatoms. The molecular weight excluding hydrogens is 262 g/mol. The topological polar surface area (TPSA) is 87.7 Å². The van der Waals surface area contributed by atoms with Gasteiger partial charge in [-0.25, -0.2) is 0 Å². The van der Waals surface area contributed by atoms with Gasteiger partial charge >= 0.3 is 0 Å². The Morgan fingerprint density at radius 2 is 2.15 bits per heavy atom. The van der Waals surface area contributed by atoms with Crippen molar-refractivity contribution in [3.8, 4) is 0 Å². The van der Waals surface area contributed by atoms with E-state index in [0.717, 1.165) is 12.8 Å². The average molecular weight is 281 g/mol. The molecule has 20 heavy (non-hydrogen) atoms. The quantitative estimate of drug-likeness (QED) is 0.668. The van der Waals surface area contributed by atoms with Crippen LogP contribution in [0.5, 0.6) is 0 Å². The van der Waals surface area contributed by atoms with Gasteiger partial charge in [-0.05, 0) is 12.8 Å². The Hall–Kier alpha value is -1.63. The molecule has 0 aromatic rings. The molecule has 2 saturated heterocycles. The molecular formula is C13H19N3O4. The van der Waals surface area contributed by atoms with E-state index in [2.05, 4.69) is 10.6 Å². The number of rotatable bonds is 3. The van der Waals surface area contributed by atoms with Crippen LogP contribution in [0.3, 0.4) is 0 Å². The highest BCUT2D eigenvalue weighted by atomic mass is 16.5. The fourth-order valence-corrected chi connectivity index (χ4v) is 2.62. The summed E-state index contributed by atoms with van der Waals surface area (Å²) in [5.41, 5.74) is 0. The molecule has 3 rings (SSSR count). The Balaban J connectivity index is 1.66. The molecule has 0 bridgehead atoms. The molecule has 3 aliphatic rings. The highest BCUT2D eigenvalue weighted by molar-refractivity contribution is 5.93. The third kappa shape index (κ3) is 2.77. The second-order valence-electron chi connectivity index (χ2n) is 5.61. The van der Waals surface area contributed by atoms with Crippen molar-refractivity contribution in [3.63, 3.8) is 0 Å². The molecule has 3 fully saturated rings. The Bertz CT molecular complexity index is 435. The lowest BCUT2D eigenvalue weighted by Gasteiger charge is -2.35. The summed E-state index contributed by atoms with van der Waals surface area (Å²) in [5.74, 6) is -0.715. The first-order valence-electron chi connectivity index (χ1n) is 7.10. The largest absolute Gasteiger partial charge is 0.377 e. The molecule has 2 aliphatic heterocycles. The fraction of sp³-hybridized carbons (Fsp3) is 0.769. The second-order valence-corrected chi connectivity index (χ2v) is 5.61. The average Bonchev–Trinajstić information content (AvgIpc) is 3.16. The molecule has 2 N–H and O–H groups in total. The molecule has 1 saturated carbocycles. The summed E-state index contributed by atoms with van der Waals surface area (Å²) < 4.78 is 5.33. The molecule has 0 aromatic heterocycles. The predicted octanol–water partition coefficient (Wildman–Crippen LogP) is -1.37. The smallest absolute Gasteiger partial charge is 0.245 e. The minimum absolute atomic E-state index is 0.101. The summed E-state index contributed by atoms with van der Waals surface area (Å²) in [5, 5.41) is 5.57. The maximum Gasteiger partial charge on any atom is 0.245 e. The van der Waals surface area contributed by atoms with Gasteiger partial charge in [0.05, 0.1) is 19.1 Å². The van der Waals surface area contributed by atoms with Gasteiger partial charge in [-0.2, -0.15) is 0 Å². The zero-order valence-corrected chi connectivity index (χ0v) is 11.3. The number of amides is 3. The molecule has 3 amide bonds. The van der Waals surface area contributed by atoms with Gasteiger partial charge in [0, 0.05) is 25.6 Å². The van der Waals surface area contributed by atoms with Gasteiger partial charge in [0.15, 0.2) is 0 Å². The first-order valence-corrected chi connectivity index (χ1v) is 7.10. The zero-order chi connectivity index (χ0) is 14.1. The molecule has 2 atom stereocenters. The summed E-state index contributed by atoms with van der Waals surface area (Å²) in [6.07, 6.45) is 2.23. The Morgan fingerprint density at radius 3 is 2.80 bits per heavy atom. The number of carbonyl (C=O) groups is 3. The number of nitrogens with one attached hydrogen (secondary N) is 2. The number of nitrogens with zero attached hydrogens (tertiary/aromatic N) is 1. The summed E-state index contributed by atoms with van der Waals surface area (Å²) in [4.78, 5) is 37.4. The Kier molecular flexibility index (Phi) is 3.60. The van der Waals surface area contributed by atoms with E-state index in [9.17, 15) is 14.4 Å². The lowest BCUT2D eigenvalue weighted by Crippen LogP contribution is -2.57. The van der Waals surface area contributed by atoms with Crippen LogP contribution in [-0.2, 0) is 19.1 Å². The van der Waals surface area contributed by atoms with E-state index >= 15 is 0 Å². The third-order valence-electron chi connectivity index (χ3n) is 3.96. The third-order valence-corrected chi connectivity index (χ3v) is 3.96. The lowest BCUT2D eigenvalue weighted by molar-refractivity contribution is -0.151. The van der Waals surface area contributed by atoms with Crippen LogP contribution >= 0.6 is 0 Å². The Morgan fingerprint density at radius 1 is 1.35 bits per heavy atom. The predicted molar refractivity (Wildman–Crippen MR) is 68.6 cm³/mol. The summed E-state index contributed by atoms with van der Waals surface area (Å²) in [7, 11) is 0. The van der Waals surface area contributed by atoms with Crippen molar-refractivity contribution in [2.24, 2.45) is 5.92 Å². The lowest BCUT2D eigenvalue weighted by atomic mass is 10.0. The van der Waals surface area contributed by atoms with Crippen LogP contribution in [0.1, 0.15) is 19.3 Å². The van der Waals surface area contributed by atoms with Crippen molar-refractivity contribution in [2.45, 2.75) is 31.3 Å².